The molecule has 0 radical (unpaired) electrons. The number of hydrogen-bond donors (Lipinski definition) is 0. The van der Waals surface area contributed by atoms with Crippen molar-refractivity contribution in [3.63, 3.8) is 0 Å². The molecule has 1 aromatic carbocycles. The van der Waals surface area contributed by atoms with E-state index in [2.05, 4.69) is 15.9 Å². The van der Waals surface area contributed by atoms with Gasteiger partial charge in [0.25, 0.3) is 5.91 Å². The molecule has 1 aliphatic heterocycles. The van der Waals surface area contributed by atoms with Crippen molar-refractivity contribution in [1.29, 1.82) is 0 Å². The number of benzene rings is 1. The van der Waals surface area contributed by atoms with Gasteiger partial charge in [-0.05, 0) is 47.0 Å². The van der Waals surface area contributed by atoms with Crippen molar-refractivity contribution < 1.29 is 17.9 Å². The highest BCUT2D eigenvalue weighted by Gasteiger charge is 2.30. The molecule has 2 fully saturated rings. The third-order valence-electron chi connectivity index (χ3n) is 5.46. The molecule has 1 saturated heterocycles. The summed E-state index contributed by atoms with van der Waals surface area (Å²) in [5.74, 6) is -0.118. The number of sulfonamides is 1. The molecule has 0 spiro atoms. The van der Waals surface area contributed by atoms with Crippen molar-refractivity contribution >= 4 is 31.9 Å². The smallest absolute Gasteiger partial charge is 0.253 e. The Morgan fingerprint density at radius 1 is 1.15 bits per heavy atom. The second kappa shape index (κ2) is 9.03. The van der Waals surface area contributed by atoms with Crippen LogP contribution in [0.4, 0.5) is 0 Å². The fourth-order valence-corrected chi connectivity index (χ4v) is 6.13. The summed E-state index contributed by atoms with van der Waals surface area (Å²) in [6, 6.07) is 5.08. The van der Waals surface area contributed by atoms with Gasteiger partial charge in [-0.1, -0.05) is 25.7 Å². The second-order valence-corrected chi connectivity index (χ2v) is 9.98. The van der Waals surface area contributed by atoms with Crippen LogP contribution >= 0.6 is 15.9 Å². The Morgan fingerprint density at radius 2 is 1.78 bits per heavy atom. The predicted octanol–water partition coefficient (Wildman–Crippen LogP) is 3.26. The van der Waals surface area contributed by atoms with Gasteiger partial charge in [0.1, 0.15) is 0 Å². The summed E-state index contributed by atoms with van der Waals surface area (Å²) < 4.78 is 33.2. The third kappa shape index (κ3) is 4.72. The van der Waals surface area contributed by atoms with Crippen molar-refractivity contribution in [2.24, 2.45) is 0 Å². The fraction of sp³-hybridized carbons (Fsp3) is 0.632. The van der Waals surface area contributed by atoms with Crippen LogP contribution in [-0.4, -0.2) is 62.9 Å². The normalized spacial score (nSPS) is 20.2. The Kier molecular flexibility index (Phi) is 6.94. The average Bonchev–Trinajstić information content (AvgIpc) is 2.97. The maximum atomic E-state index is 13.0. The molecule has 0 unspecified atom stereocenters. The number of carbonyl (C=O) groups is 1. The molecule has 1 saturated carbocycles. The number of carbonyl (C=O) groups excluding carboxylic acids is 1. The zero-order valence-corrected chi connectivity index (χ0v) is 18.1. The van der Waals surface area contributed by atoms with E-state index in [-0.39, 0.29) is 16.8 Å². The van der Waals surface area contributed by atoms with Crippen LogP contribution in [0.2, 0.25) is 0 Å². The van der Waals surface area contributed by atoms with Crippen molar-refractivity contribution in [2.45, 2.75) is 49.5 Å². The van der Waals surface area contributed by atoms with E-state index in [1.54, 1.807) is 17.0 Å². The van der Waals surface area contributed by atoms with Gasteiger partial charge in [-0.3, -0.25) is 4.79 Å². The lowest BCUT2D eigenvalue weighted by molar-refractivity contribution is 0.0716. The van der Waals surface area contributed by atoms with E-state index >= 15 is 0 Å². The highest BCUT2D eigenvalue weighted by molar-refractivity contribution is 9.10. The van der Waals surface area contributed by atoms with Crippen LogP contribution in [0.3, 0.4) is 0 Å². The first-order valence-electron chi connectivity index (χ1n) is 9.56. The number of halogens is 1. The van der Waals surface area contributed by atoms with Crippen molar-refractivity contribution in [2.75, 3.05) is 33.4 Å². The molecule has 0 atom stereocenters. The van der Waals surface area contributed by atoms with E-state index < -0.39 is 10.0 Å². The molecule has 27 heavy (non-hydrogen) atoms. The minimum atomic E-state index is -3.67. The van der Waals surface area contributed by atoms with E-state index in [0.29, 0.717) is 36.3 Å². The van der Waals surface area contributed by atoms with Gasteiger partial charge in [-0.2, -0.15) is 4.31 Å². The lowest BCUT2D eigenvalue weighted by Gasteiger charge is -2.28. The SMILES string of the molecule is CN(C(=O)c1ccc(Br)c(S(=O)(=O)N2CCOCC2)c1)C1CCCCCC1. The molecule has 1 aliphatic carbocycles. The Balaban J connectivity index is 1.84. The van der Waals surface area contributed by atoms with Gasteiger partial charge < -0.3 is 9.64 Å². The van der Waals surface area contributed by atoms with Crippen molar-refractivity contribution in [3.8, 4) is 0 Å². The van der Waals surface area contributed by atoms with Crippen LogP contribution in [0.1, 0.15) is 48.9 Å². The molecule has 1 amide bonds. The minimum Gasteiger partial charge on any atom is -0.379 e. The fourth-order valence-electron chi connectivity index (χ4n) is 3.77. The molecule has 6 nitrogen and oxygen atoms in total. The van der Waals surface area contributed by atoms with Gasteiger partial charge in [-0.15, -0.1) is 0 Å². The van der Waals surface area contributed by atoms with E-state index in [1.165, 1.54) is 23.2 Å². The minimum absolute atomic E-state index is 0.118. The first-order valence-corrected chi connectivity index (χ1v) is 11.8. The van der Waals surface area contributed by atoms with Gasteiger partial charge in [-0.25, -0.2) is 8.42 Å². The van der Waals surface area contributed by atoms with Gasteiger partial charge in [0, 0.05) is 36.2 Å². The van der Waals surface area contributed by atoms with Crippen LogP contribution in [-0.2, 0) is 14.8 Å². The van der Waals surface area contributed by atoms with Gasteiger partial charge in [0.2, 0.25) is 10.0 Å². The highest BCUT2D eigenvalue weighted by Crippen LogP contribution is 2.28. The summed E-state index contributed by atoms with van der Waals surface area (Å²) in [6.45, 7) is 1.43. The third-order valence-corrected chi connectivity index (χ3v) is 8.35. The van der Waals surface area contributed by atoms with Gasteiger partial charge in [0.05, 0.1) is 18.1 Å². The van der Waals surface area contributed by atoms with E-state index in [9.17, 15) is 13.2 Å². The number of amides is 1. The van der Waals surface area contributed by atoms with Crippen LogP contribution in [0.15, 0.2) is 27.6 Å². The predicted molar refractivity (Wildman–Crippen MR) is 107 cm³/mol. The molecule has 3 rings (SSSR count). The average molecular weight is 459 g/mol. The highest BCUT2D eigenvalue weighted by atomic mass is 79.9. The standard InChI is InChI=1S/C19H27BrN2O4S/c1-21(16-6-4-2-3-5-7-16)19(23)15-8-9-17(20)18(14-15)27(24,25)22-10-12-26-13-11-22/h8-9,14,16H,2-7,10-13H2,1H3. The zero-order valence-electron chi connectivity index (χ0n) is 15.7. The molecule has 150 valence electrons. The summed E-state index contributed by atoms with van der Waals surface area (Å²) in [5.41, 5.74) is 0.414. The number of ether oxygens (including phenoxy) is 1. The van der Waals surface area contributed by atoms with E-state index in [0.717, 1.165) is 25.7 Å². The Bertz CT molecular complexity index is 770. The van der Waals surface area contributed by atoms with Crippen LogP contribution in [0.5, 0.6) is 0 Å². The zero-order chi connectivity index (χ0) is 19.4. The first kappa shape index (κ1) is 20.8. The second-order valence-electron chi connectivity index (χ2n) is 7.22. The maximum absolute atomic E-state index is 13.0. The monoisotopic (exact) mass is 458 g/mol. The number of rotatable bonds is 4. The molecule has 0 N–H and O–H groups in total. The molecule has 1 heterocycles. The quantitative estimate of drug-likeness (QED) is 0.649. The molecule has 0 aromatic heterocycles. The van der Waals surface area contributed by atoms with Gasteiger partial charge >= 0.3 is 0 Å². The largest absolute Gasteiger partial charge is 0.379 e. The molecular weight excluding hydrogens is 432 g/mol. The van der Waals surface area contributed by atoms with Gasteiger partial charge in [0.15, 0.2) is 0 Å². The summed E-state index contributed by atoms with van der Waals surface area (Å²) in [7, 11) is -1.84. The molecule has 2 aliphatic rings. The van der Waals surface area contributed by atoms with E-state index in [4.69, 9.17) is 4.74 Å². The van der Waals surface area contributed by atoms with Crippen LogP contribution in [0, 0.1) is 0 Å². The Labute approximate surface area is 170 Å². The lowest BCUT2D eigenvalue weighted by atomic mass is 10.1. The van der Waals surface area contributed by atoms with Crippen LogP contribution < -0.4 is 0 Å². The number of morpholine rings is 1. The molecule has 8 heteroatoms. The number of nitrogens with zero attached hydrogens (tertiary/aromatic N) is 2. The first-order chi connectivity index (χ1) is 12.9. The summed E-state index contributed by atoms with van der Waals surface area (Å²) in [4.78, 5) is 14.9. The van der Waals surface area contributed by atoms with Crippen molar-refractivity contribution in [1.82, 2.24) is 9.21 Å². The topological polar surface area (TPSA) is 66.9 Å². The molecule has 0 bridgehead atoms. The summed E-state index contributed by atoms with van der Waals surface area (Å²) >= 11 is 3.34. The van der Waals surface area contributed by atoms with E-state index in [1.807, 2.05) is 7.05 Å². The maximum Gasteiger partial charge on any atom is 0.253 e. The lowest BCUT2D eigenvalue weighted by Crippen LogP contribution is -2.41. The Morgan fingerprint density at radius 3 is 2.41 bits per heavy atom. The number of hydrogen-bond acceptors (Lipinski definition) is 4. The summed E-state index contributed by atoms with van der Waals surface area (Å²) in [6.07, 6.45) is 6.74. The van der Waals surface area contributed by atoms with Crippen molar-refractivity contribution in [3.05, 3.63) is 28.2 Å². The summed E-state index contributed by atoms with van der Waals surface area (Å²) in [5, 5.41) is 0. The molecule has 1 aromatic rings. The van der Waals surface area contributed by atoms with Crippen LogP contribution in [0.25, 0.3) is 0 Å². The Hall–Kier alpha value is -0.960. The molecular formula is C19H27BrN2O4S.